The van der Waals surface area contributed by atoms with Gasteiger partial charge in [-0.1, -0.05) is 50.1 Å². The summed E-state index contributed by atoms with van der Waals surface area (Å²) in [4.78, 5) is 8.30. The van der Waals surface area contributed by atoms with Gasteiger partial charge in [-0.3, -0.25) is 0 Å². The summed E-state index contributed by atoms with van der Waals surface area (Å²) in [5.74, 6) is 0.973. The third-order valence-corrected chi connectivity index (χ3v) is 4.15. The average molecular weight is 255 g/mol. The third-order valence-electron chi connectivity index (χ3n) is 4.15. The molecule has 0 aliphatic heterocycles. The van der Waals surface area contributed by atoms with Crippen LogP contribution in [0.2, 0.25) is 0 Å². The monoisotopic (exact) mass is 255 g/mol. The molecule has 1 aromatic heterocycles. The maximum atomic E-state index is 6.50. The summed E-state index contributed by atoms with van der Waals surface area (Å²) in [6, 6.07) is 10.4. The van der Waals surface area contributed by atoms with Crippen LogP contribution in [0, 0.1) is 0 Å². The first-order valence-electron chi connectivity index (χ1n) is 7.16. The molecule has 0 bridgehead atoms. The molecule has 3 heteroatoms. The first-order chi connectivity index (χ1) is 9.23. The molecule has 1 aliphatic carbocycles. The molecule has 1 saturated carbocycles. The van der Waals surface area contributed by atoms with Crippen molar-refractivity contribution < 1.29 is 0 Å². The maximum Gasteiger partial charge on any atom is 0.127 e. The molecule has 3 nitrogen and oxygen atoms in total. The van der Waals surface area contributed by atoms with E-state index in [4.69, 9.17) is 10.7 Å². The van der Waals surface area contributed by atoms with E-state index in [2.05, 4.69) is 36.2 Å². The Kier molecular flexibility index (Phi) is 3.15. The zero-order chi connectivity index (χ0) is 13.3. The van der Waals surface area contributed by atoms with E-state index >= 15 is 0 Å². The summed E-state index contributed by atoms with van der Waals surface area (Å²) < 4.78 is 0. The number of hydrogen-bond donors (Lipinski definition) is 2. The van der Waals surface area contributed by atoms with Crippen molar-refractivity contribution in [2.75, 3.05) is 0 Å². The second kappa shape index (κ2) is 4.82. The highest BCUT2D eigenvalue weighted by Crippen LogP contribution is 2.36. The Labute approximate surface area is 114 Å². The van der Waals surface area contributed by atoms with E-state index in [-0.39, 0.29) is 5.54 Å². The highest BCUT2D eigenvalue weighted by Gasteiger charge is 2.34. The molecule has 0 unspecified atom stereocenters. The number of nitrogens with zero attached hydrogens (tertiary/aromatic N) is 1. The standard InChI is InChI=1S/C16H21N3/c1-2-13-14(12-8-4-3-5-9-12)19-15(18-13)16(17)10-6-7-11-16/h3-5,8-9H,2,6-7,10-11,17H2,1H3,(H,18,19). The topological polar surface area (TPSA) is 54.7 Å². The minimum absolute atomic E-state index is 0.239. The molecule has 0 spiro atoms. The Hall–Kier alpha value is -1.61. The molecule has 0 saturated heterocycles. The zero-order valence-electron chi connectivity index (χ0n) is 11.4. The van der Waals surface area contributed by atoms with Gasteiger partial charge in [0.1, 0.15) is 5.82 Å². The van der Waals surface area contributed by atoms with Gasteiger partial charge in [0.05, 0.1) is 11.2 Å². The molecule has 1 fully saturated rings. The first kappa shape index (κ1) is 12.4. The summed E-state index contributed by atoms with van der Waals surface area (Å²) in [6.07, 6.45) is 5.45. The zero-order valence-corrected chi connectivity index (χ0v) is 11.4. The number of rotatable bonds is 3. The molecule has 1 aromatic carbocycles. The quantitative estimate of drug-likeness (QED) is 0.883. The number of nitrogens with one attached hydrogen (secondary N) is 1. The molecule has 19 heavy (non-hydrogen) atoms. The lowest BCUT2D eigenvalue weighted by molar-refractivity contribution is 0.435. The number of benzene rings is 1. The van der Waals surface area contributed by atoms with Crippen LogP contribution in [-0.2, 0) is 12.0 Å². The smallest absolute Gasteiger partial charge is 0.127 e. The highest BCUT2D eigenvalue weighted by atomic mass is 15.0. The van der Waals surface area contributed by atoms with Crippen LogP contribution < -0.4 is 5.73 Å². The maximum absolute atomic E-state index is 6.50. The molecule has 0 atom stereocenters. The van der Waals surface area contributed by atoms with Crippen LogP contribution in [0.5, 0.6) is 0 Å². The number of H-pyrrole nitrogens is 1. The van der Waals surface area contributed by atoms with E-state index in [1.54, 1.807) is 0 Å². The van der Waals surface area contributed by atoms with Gasteiger partial charge in [0.15, 0.2) is 0 Å². The number of nitrogens with two attached hydrogens (primary N) is 1. The van der Waals surface area contributed by atoms with E-state index in [0.717, 1.165) is 30.8 Å². The van der Waals surface area contributed by atoms with Crippen molar-refractivity contribution in [2.45, 2.75) is 44.6 Å². The Bertz CT molecular complexity index is 551. The van der Waals surface area contributed by atoms with Gasteiger partial charge in [-0.25, -0.2) is 4.98 Å². The van der Waals surface area contributed by atoms with E-state index in [1.807, 2.05) is 6.07 Å². The van der Waals surface area contributed by atoms with Crippen molar-refractivity contribution in [2.24, 2.45) is 5.73 Å². The molecule has 1 aliphatic rings. The van der Waals surface area contributed by atoms with Gasteiger partial charge < -0.3 is 10.7 Å². The van der Waals surface area contributed by atoms with Crippen LogP contribution >= 0.6 is 0 Å². The lowest BCUT2D eigenvalue weighted by Crippen LogP contribution is -2.34. The van der Waals surface area contributed by atoms with Crippen LogP contribution in [0.25, 0.3) is 11.3 Å². The van der Waals surface area contributed by atoms with Gasteiger partial charge in [0.2, 0.25) is 0 Å². The number of aromatic nitrogens is 2. The Morgan fingerprint density at radius 1 is 1.21 bits per heavy atom. The van der Waals surface area contributed by atoms with Crippen molar-refractivity contribution in [3.63, 3.8) is 0 Å². The minimum atomic E-state index is -0.239. The summed E-state index contributed by atoms with van der Waals surface area (Å²) >= 11 is 0. The summed E-state index contributed by atoms with van der Waals surface area (Å²) in [6.45, 7) is 2.15. The predicted octanol–water partition coefficient (Wildman–Crippen LogP) is 3.37. The average Bonchev–Trinajstić information content (AvgIpc) is 3.06. The van der Waals surface area contributed by atoms with Crippen LogP contribution in [0.3, 0.4) is 0 Å². The van der Waals surface area contributed by atoms with E-state index in [0.29, 0.717) is 0 Å². The fraction of sp³-hybridized carbons (Fsp3) is 0.438. The second-order valence-electron chi connectivity index (χ2n) is 5.50. The first-order valence-corrected chi connectivity index (χ1v) is 7.16. The Morgan fingerprint density at radius 2 is 1.89 bits per heavy atom. The Morgan fingerprint density at radius 3 is 2.53 bits per heavy atom. The largest absolute Gasteiger partial charge is 0.344 e. The van der Waals surface area contributed by atoms with Crippen molar-refractivity contribution >= 4 is 0 Å². The van der Waals surface area contributed by atoms with E-state index in [1.165, 1.54) is 24.1 Å². The lowest BCUT2D eigenvalue weighted by atomic mass is 9.99. The van der Waals surface area contributed by atoms with E-state index in [9.17, 15) is 0 Å². The number of hydrogen-bond acceptors (Lipinski definition) is 2. The van der Waals surface area contributed by atoms with Crippen LogP contribution in [-0.4, -0.2) is 9.97 Å². The predicted molar refractivity (Wildman–Crippen MR) is 77.7 cm³/mol. The number of imidazole rings is 1. The molecule has 3 N–H and O–H groups in total. The fourth-order valence-corrected chi connectivity index (χ4v) is 2.98. The number of aryl methyl sites for hydroxylation is 1. The molecule has 100 valence electrons. The molecule has 3 rings (SSSR count). The van der Waals surface area contributed by atoms with Crippen LogP contribution in [0.4, 0.5) is 0 Å². The SMILES string of the molecule is CCc1[nH]c(C2(N)CCCC2)nc1-c1ccccc1. The van der Waals surface area contributed by atoms with Gasteiger partial charge in [-0.2, -0.15) is 0 Å². The number of aromatic amines is 1. The van der Waals surface area contributed by atoms with Crippen molar-refractivity contribution in [3.05, 3.63) is 41.9 Å². The highest BCUT2D eigenvalue weighted by molar-refractivity contribution is 5.62. The molecular formula is C16H21N3. The van der Waals surface area contributed by atoms with Gasteiger partial charge in [-0.15, -0.1) is 0 Å². The lowest BCUT2D eigenvalue weighted by Gasteiger charge is -2.20. The van der Waals surface area contributed by atoms with E-state index < -0.39 is 0 Å². The summed E-state index contributed by atoms with van der Waals surface area (Å²) in [7, 11) is 0. The van der Waals surface area contributed by atoms with Crippen molar-refractivity contribution in [3.8, 4) is 11.3 Å². The van der Waals surface area contributed by atoms with Gasteiger partial charge >= 0.3 is 0 Å². The fourth-order valence-electron chi connectivity index (χ4n) is 2.98. The van der Waals surface area contributed by atoms with Crippen LogP contribution in [0.1, 0.15) is 44.1 Å². The molecule has 2 aromatic rings. The van der Waals surface area contributed by atoms with Crippen LogP contribution in [0.15, 0.2) is 30.3 Å². The molecular weight excluding hydrogens is 234 g/mol. The van der Waals surface area contributed by atoms with Gasteiger partial charge in [-0.05, 0) is 19.3 Å². The molecule has 1 heterocycles. The third kappa shape index (κ3) is 2.19. The van der Waals surface area contributed by atoms with Gasteiger partial charge in [0, 0.05) is 11.3 Å². The minimum Gasteiger partial charge on any atom is -0.344 e. The summed E-state index contributed by atoms with van der Waals surface area (Å²) in [5, 5.41) is 0. The second-order valence-corrected chi connectivity index (χ2v) is 5.50. The van der Waals surface area contributed by atoms with Crippen molar-refractivity contribution in [1.82, 2.24) is 9.97 Å². The summed E-state index contributed by atoms with van der Waals surface area (Å²) in [5.41, 5.74) is 9.69. The normalized spacial score (nSPS) is 17.8. The Balaban J connectivity index is 2.04. The molecule has 0 amide bonds. The molecule has 0 radical (unpaired) electrons. The van der Waals surface area contributed by atoms with Gasteiger partial charge in [0.25, 0.3) is 0 Å². The van der Waals surface area contributed by atoms with Crippen molar-refractivity contribution in [1.29, 1.82) is 0 Å².